The van der Waals surface area contributed by atoms with Crippen LogP contribution in [0.2, 0.25) is 0 Å². The minimum absolute atomic E-state index is 0.0917. The Hall–Kier alpha value is -3.18. The summed E-state index contributed by atoms with van der Waals surface area (Å²) in [7, 11) is 0. The number of aromatic nitrogens is 2. The Labute approximate surface area is 296 Å². The lowest BCUT2D eigenvalue weighted by Gasteiger charge is -2.34. The summed E-state index contributed by atoms with van der Waals surface area (Å²) in [5, 5.41) is 1.98. The maximum Gasteiger partial charge on any atom is 0.246 e. The van der Waals surface area contributed by atoms with E-state index in [2.05, 4.69) is 19.8 Å². The summed E-state index contributed by atoms with van der Waals surface area (Å²) in [6.07, 6.45) is 30.1. The first kappa shape index (κ1) is 37.6. The molecule has 0 bridgehead atoms. The van der Waals surface area contributed by atoms with Gasteiger partial charge in [-0.3, -0.25) is 19.4 Å². The van der Waals surface area contributed by atoms with E-state index in [0.717, 1.165) is 86.6 Å². The Kier molecular flexibility index (Phi) is 17.0. The first-order valence-electron chi connectivity index (χ1n) is 17.3. The van der Waals surface area contributed by atoms with Crippen LogP contribution in [-0.4, -0.2) is 119 Å². The lowest BCUT2D eigenvalue weighted by molar-refractivity contribution is -0.128. The topological polar surface area (TPSA) is 72.9 Å². The summed E-state index contributed by atoms with van der Waals surface area (Å²) < 4.78 is 0. The molecule has 2 aromatic heterocycles. The SMILES string of the molecule is CSc1ncccc1/C=C/C=C/C(=O)N1CCN(CCCCCCCCN2CCN(C(=O)/C=C/C=C/c3cccnc3SC)CC2)CC1. The first-order chi connectivity index (χ1) is 23.6. The van der Waals surface area contributed by atoms with Crippen LogP contribution in [-0.2, 0) is 9.59 Å². The molecule has 2 saturated heterocycles. The number of hydrogen-bond donors (Lipinski definition) is 0. The molecule has 4 heterocycles. The van der Waals surface area contributed by atoms with E-state index in [1.165, 1.54) is 38.5 Å². The van der Waals surface area contributed by atoms with E-state index < -0.39 is 0 Å². The molecule has 48 heavy (non-hydrogen) atoms. The van der Waals surface area contributed by atoms with Gasteiger partial charge >= 0.3 is 0 Å². The zero-order chi connectivity index (χ0) is 33.8. The predicted molar refractivity (Wildman–Crippen MR) is 202 cm³/mol. The smallest absolute Gasteiger partial charge is 0.246 e. The molecular formula is C38H52N6O2S2. The monoisotopic (exact) mass is 688 g/mol. The van der Waals surface area contributed by atoms with Crippen LogP contribution in [0.1, 0.15) is 49.7 Å². The minimum Gasteiger partial charge on any atom is -0.337 e. The number of thioether (sulfide) groups is 2. The van der Waals surface area contributed by atoms with Crippen LogP contribution in [0.4, 0.5) is 0 Å². The zero-order valence-corrected chi connectivity index (χ0v) is 30.3. The van der Waals surface area contributed by atoms with Gasteiger partial charge in [-0.05, 0) is 50.6 Å². The highest BCUT2D eigenvalue weighted by molar-refractivity contribution is 7.98. The lowest BCUT2D eigenvalue weighted by atomic mass is 10.1. The first-order valence-corrected chi connectivity index (χ1v) is 19.7. The molecular weight excluding hydrogens is 637 g/mol. The summed E-state index contributed by atoms with van der Waals surface area (Å²) in [6, 6.07) is 7.92. The van der Waals surface area contributed by atoms with Gasteiger partial charge in [0.25, 0.3) is 0 Å². The third-order valence-electron chi connectivity index (χ3n) is 8.81. The van der Waals surface area contributed by atoms with Crippen LogP contribution in [0.25, 0.3) is 12.2 Å². The van der Waals surface area contributed by atoms with Crippen LogP contribution < -0.4 is 0 Å². The number of nitrogens with zero attached hydrogens (tertiary/aromatic N) is 6. The van der Waals surface area contributed by atoms with Crippen molar-refractivity contribution in [3.63, 3.8) is 0 Å². The van der Waals surface area contributed by atoms with Gasteiger partial charge in [0.1, 0.15) is 10.1 Å². The minimum atomic E-state index is 0.0917. The fourth-order valence-electron chi connectivity index (χ4n) is 5.97. The second-order valence-corrected chi connectivity index (χ2v) is 13.7. The van der Waals surface area contributed by atoms with E-state index in [4.69, 9.17) is 0 Å². The van der Waals surface area contributed by atoms with Crippen molar-refractivity contribution in [3.8, 4) is 0 Å². The van der Waals surface area contributed by atoms with Crippen LogP contribution in [0.15, 0.2) is 83.2 Å². The molecule has 4 rings (SSSR count). The summed E-state index contributed by atoms with van der Waals surface area (Å²) in [4.78, 5) is 42.9. The average molecular weight is 689 g/mol. The molecule has 0 atom stereocenters. The largest absolute Gasteiger partial charge is 0.337 e. The number of carbonyl (C=O) groups excluding carboxylic acids is 2. The third kappa shape index (κ3) is 13.0. The molecule has 8 nitrogen and oxygen atoms in total. The molecule has 2 fully saturated rings. The maximum absolute atomic E-state index is 12.6. The number of piperazine rings is 2. The van der Waals surface area contributed by atoms with Crippen molar-refractivity contribution >= 4 is 47.5 Å². The van der Waals surface area contributed by atoms with E-state index in [-0.39, 0.29) is 11.8 Å². The van der Waals surface area contributed by atoms with Gasteiger partial charge in [-0.15, -0.1) is 23.5 Å². The predicted octanol–water partition coefficient (Wildman–Crippen LogP) is 6.39. The van der Waals surface area contributed by atoms with E-state index in [9.17, 15) is 9.59 Å². The van der Waals surface area contributed by atoms with Gasteiger partial charge in [-0.25, -0.2) is 9.97 Å². The number of allylic oxidation sites excluding steroid dienone is 4. The zero-order valence-electron chi connectivity index (χ0n) is 28.7. The number of hydrogen-bond acceptors (Lipinski definition) is 8. The molecule has 0 aromatic carbocycles. The van der Waals surface area contributed by atoms with Gasteiger partial charge in [0, 0.05) is 88.0 Å². The van der Waals surface area contributed by atoms with Crippen molar-refractivity contribution < 1.29 is 9.59 Å². The number of unbranched alkanes of at least 4 members (excludes halogenated alkanes) is 5. The highest BCUT2D eigenvalue weighted by Crippen LogP contribution is 2.19. The Morgan fingerprint density at radius 3 is 1.40 bits per heavy atom. The van der Waals surface area contributed by atoms with Gasteiger partial charge in [0.05, 0.1) is 0 Å². The molecule has 0 N–H and O–H groups in total. The van der Waals surface area contributed by atoms with E-state index in [0.29, 0.717) is 0 Å². The van der Waals surface area contributed by atoms with Crippen molar-refractivity contribution in [2.24, 2.45) is 0 Å². The quantitative estimate of drug-likeness (QED) is 0.0820. The van der Waals surface area contributed by atoms with E-state index >= 15 is 0 Å². The maximum atomic E-state index is 12.6. The highest BCUT2D eigenvalue weighted by atomic mass is 32.2. The number of amides is 2. The van der Waals surface area contributed by atoms with Gasteiger partial charge in [0.2, 0.25) is 11.8 Å². The Balaban J connectivity index is 0.979. The fourth-order valence-corrected chi connectivity index (χ4v) is 7.04. The fraction of sp³-hybridized carbons (Fsp3) is 0.474. The molecule has 2 aliphatic rings. The van der Waals surface area contributed by atoms with Crippen molar-refractivity contribution in [2.45, 2.75) is 48.6 Å². The lowest BCUT2D eigenvalue weighted by Crippen LogP contribution is -2.48. The number of rotatable bonds is 17. The number of pyridine rings is 2. The third-order valence-corrected chi connectivity index (χ3v) is 10.3. The normalized spacial score (nSPS) is 16.7. The summed E-state index contributed by atoms with van der Waals surface area (Å²) >= 11 is 3.24. The van der Waals surface area contributed by atoms with E-state index in [1.807, 2.05) is 83.0 Å². The molecule has 0 unspecified atom stereocenters. The highest BCUT2D eigenvalue weighted by Gasteiger charge is 2.20. The van der Waals surface area contributed by atoms with Crippen LogP contribution in [0.3, 0.4) is 0 Å². The molecule has 2 aromatic rings. The standard InChI is InChI=1S/C38H52N6O2S2/c1-47-37-33(17-13-21-39-37)15-7-9-19-35(45)43-29-25-41(26-30-43)23-11-5-3-4-6-12-24-42-27-31-44(32-28-42)36(46)20-10-8-16-34-18-14-22-40-38(34)48-2/h7-10,13-22H,3-6,11-12,23-32H2,1-2H3/b15-7+,16-8+,19-9+,20-10+. The Bertz CT molecular complexity index is 1290. The van der Waals surface area contributed by atoms with Gasteiger partial charge in [0.15, 0.2) is 0 Å². The second-order valence-electron chi connectivity index (χ2n) is 12.1. The van der Waals surface area contributed by atoms with Gasteiger partial charge in [-0.1, -0.05) is 74.3 Å². The molecule has 2 aliphatic heterocycles. The molecule has 0 radical (unpaired) electrons. The van der Waals surface area contributed by atoms with Crippen LogP contribution >= 0.6 is 23.5 Å². The van der Waals surface area contributed by atoms with Crippen molar-refractivity contribution in [3.05, 3.63) is 84.2 Å². The summed E-state index contributed by atoms with van der Waals surface area (Å²) in [5.74, 6) is 0.183. The Morgan fingerprint density at radius 2 is 1.00 bits per heavy atom. The van der Waals surface area contributed by atoms with Crippen molar-refractivity contribution in [1.82, 2.24) is 29.6 Å². The van der Waals surface area contributed by atoms with Crippen LogP contribution in [0.5, 0.6) is 0 Å². The summed E-state index contributed by atoms with van der Waals surface area (Å²) in [6.45, 7) is 9.29. The van der Waals surface area contributed by atoms with E-state index in [1.54, 1.807) is 48.1 Å². The van der Waals surface area contributed by atoms with Crippen molar-refractivity contribution in [1.29, 1.82) is 0 Å². The molecule has 2 amide bonds. The average Bonchev–Trinajstić information content (AvgIpc) is 3.13. The molecule has 0 saturated carbocycles. The van der Waals surface area contributed by atoms with Gasteiger partial charge in [-0.2, -0.15) is 0 Å². The second kappa shape index (κ2) is 21.7. The van der Waals surface area contributed by atoms with Gasteiger partial charge < -0.3 is 9.80 Å². The molecule has 10 heteroatoms. The number of carbonyl (C=O) groups is 2. The Morgan fingerprint density at radius 1 is 0.604 bits per heavy atom. The molecule has 0 aliphatic carbocycles. The molecule has 258 valence electrons. The van der Waals surface area contributed by atoms with Crippen LogP contribution in [0, 0.1) is 0 Å². The molecule has 0 spiro atoms. The summed E-state index contributed by atoms with van der Waals surface area (Å²) in [5.41, 5.74) is 2.13. The van der Waals surface area contributed by atoms with Crippen molar-refractivity contribution in [2.75, 3.05) is 78.0 Å².